The molecule has 31 heavy (non-hydrogen) atoms. The Bertz CT molecular complexity index is 962. The molecule has 1 aromatic heterocycles. The number of benzene rings is 1. The van der Waals surface area contributed by atoms with E-state index in [1.165, 1.54) is 5.70 Å². The lowest BCUT2D eigenvalue weighted by Gasteiger charge is -2.38. The number of nitrogens with zero attached hydrogens (tertiary/aromatic N) is 2. The molecule has 0 atom stereocenters. The fourth-order valence-electron chi connectivity index (χ4n) is 4.05. The lowest BCUT2D eigenvalue weighted by molar-refractivity contribution is 0.217. The van der Waals surface area contributed by atoms with Gasteiger partial charge in [0.1, 0.15) is 0 Å². The third kappa shape index (κ3) is 5.54. The molecular formula is C25H34Cl2N4. The van der Waals surface area contributed by atoms with E-state index in [1.54, 1.807) is 0 Å². The highest BCUT2D eigenvalue weighted by Gasteiger charge is 2.26. The van der Waals surface area contributed by atoms with Crippen molar-refractivity contribution in [2.75, 3.05) is 13.1 Å². The van der Waals surface area contributed by atoms with Crippen molar-refractivity contribution in [3.05, 3.63) is 51.4 Å². The fraction of sp³-hybridized carbons (Fsp3) is 0.480. The van der Waals surface area contributed by atoms with Gasteiger partial charge >= 0.3 is 0 Å². The molecule has 0 bridgehead atoms. The van der Waals surface area contributed by atoms with E-state index in [2.05, 4.69) is 43.7 Å². The van der Waals surface area contributed by atoms with Crippen LogP contribution in [-0.2, 0) is 6.42 Å². The van der Waals surface area contributed by atoms with Crippen LogP contribution >= 0.6 is 23.2 Å². The molecule has 0 saturated carbocycles. The van der Waals surface area contributed by atoms with Crippen LogP contribution in [0, 0.1) is 6.92 Å². The highest BCUT2D eigenvalue weighted by Crippen LogP contribution is 2.42. The maximum absolute atomic E-state index is 6.59. The fourth-order valence-corrected chi connectivity index (χ4v) is 4.45. The normalized spacial score (nSPS) is 17.0. The smallest absolute Gasteiger partial charge is 0.0916 e. The van der Waals surface area contributed by atoms with Crippen LogP contribution in [0.15, 0.2) is 35.0 Å². The third-order valence-electron chi connectivity index (χ3n) is 6.05. The Hall–Kier alpha value is -1.75. The van der Waals surface area contributed by atoms with Gasteiger partial charge in [0, 0.05) is 41.1 Å². The maximum Gasteiger partial charge on any atom is 0.0916 e. The number of hydrogen-bond acceptors (Lipinski definition) is 3. The lowest BCUT2D eigenvalue weighted by Crippen LogP contribution is -2.47. The van der Waals surface area contributed by atoms with Crippen molar-refractivity contribution in [1.29, 1.82) is 0 Å². The summed E-state index contributed by atoms with van der Waals surface area (Å²) in [5.74, 6) is 0. The molecule has 0 amide bonds. The second-order valence-electron chi connectivity index (χ2n) is 8.72. The zero-order valence-electron chi connectivity index (χ0n) is 19.1. The van der Waals surface area contributed by atoms with E-state index in [9.17, 15) is 0 Å². The summed E-state index contributed by atoms with van der Waals surface area (Å²) in [7, 11) is 0. The van der Waals surface area contributed by atoms with E-state index in [-0.39, 0.29) is 5.54 Å². The van der Waals surface area contributed by atoms with Gasteiger partial charge in [-0.25, -0.2) is 0 Å². The number of H-pyrrole nitrogens is 1. The third-order valence-corrected chi connectivity index (χ3v) is 6.86. The Morgan fingerprint density at radius 2 is 1.97 bits per heavy atom. The molecule has 4 nitrogen and oxygen atoms in total. The Kier molecular flexibility index (Phi) is 7.90. The number of likely N-dealkylation sites (tertiary alicyclic amines) is 1. The summed E-state index contributed by atoms with van der Waals surface area (Å²) in [5.41, 5.74) is 12.5. The predicted octanol–water partition coefficient (Wildman–Crippen LogP) is 7.06. The van der Waals surface area contributed by atoms with Crippen LogP contribution in [0.1, 0.15) is 57.8 Å². The maximum atomic E-state index is 6.59. The minimum atomic E-state index is -0.0761. The van der Waals surface area contributed by atoms with Gasteiger partial charge in [0.15, 0.2) is 0 Å². The number of allylic oxidation sites excluding steroid dienone is 2. The topological polar surface area (TPSA) is 57.4 Å². The van der Waals surface area contributed by atoms with Crippen molar-refractivity contribution in [2.45, 2.75) is 65.3 Å². The molecule has 0 aliphatic carbocycles. The van der Waals surface area contributed by atoms with Crippen molar-refractivity contribution >= 4 is 35.1 Å². The number of nitrogens with one attached hydrogen (secondary N) is 1. The Labute approximate surface area is 196 Å². The Morgan fingerprint density at radius 3 is 2.61 bits per heavy atom. The molecule has 2 aromatic rings. The lowest BCUT2D eigenvalue weighted by atomic mass is 9.91. The number of hydrogen-bond donors (Lipinski definition) is 2. The number of piperidine rings is 1. The van der Waals surface area contributed by atoms with Crippen molar-refractivity contribution in [3.8, 4) is 11.1 Å². The van der Waals surface area contributed by atoms with Crippen LogP contribution in [-0.4, -0.2) is 34.7 Å². The minimum Gasteiger partial charge on any atom is -0.370 e. The van der Waals surface area contributed by atoms with Crippen LogP contribution in [0.25, 0.3) is 11.1 Å². The molecule has 0 unspecified atom stereocenters. The number of rotatable bonds is 7. The minimum absolute atomic E-state index is 0.0761. The average molecular weight is 461 g/mol. The van der Waals surface area contributed by atoms with Crippen LogP contribution in [0.2, 0.25) is 10.0 Å². The molecular weight excluding hydrogens is 427 g/mol. The number of aryl methyl sites for hydroxylation is 2. The van der Waals surface area contributed by atoms with Gasteiger partial charge in [-0.2, -0.15) is 0 Å². The summed E-state index contributed by atoms with van der Waals surface area (Å²) in [5, 5.41) is 1.12. The Balaban J connectivity index is 2.00. The number of aliphatic imine (C=N–C) groups is 1. The summed E-state index contributed by atoms with van der Waals surface area (Å²) < 4.78 is 0. The molecule has 1 saturated heterocycles. The second kappa shape index (κ2) is 10.2. The number of nitrogens with two attached hydrogens (primary N) is 1. The first-order chi connectivity index (χ1) is 14.8. The Morgan fingerprint density at radius 1 is 1.26 bits per heavy atom. The molecule has 3 rings (SSSR count). The van der Waals surface area contributed by atoms with Crippen LogP contribution < -0.4 is 5.73 Å². The van der Waals surface area contributed by atoms with E-state index >= 15 is 0 Å². The van der Waals surface area contributed by atoms with E-state index in [4.69, 9.17) is 33.9 Å². The van der Waals surface area contributed by atoms with Gasteiger partial charge in [-0.15, -0.1) is 0 Å². The molecule has 3 N–H and O–H groups in total. The molecule has 1 aromatic carbocycles. The van der Waals surface area contributed by atoms with E-state index in [1.807, 2.05) is 24.4 Å². The van der Waals surface area contributed by atoms with Crippen LogP contribution in [0.4, 0.5) is 5.69 Å². The highest BCUT2D eigenvalue weighted by molar-refractivity contribution is 6.43. The molecule has 0 radical (unpaired) electrons. The van der Waals surface area contributed by atoms with Gasteiger partial charge < -0.3 is 15.6 Å². The highest BCUT2D eigenvalue weighted by atomic mass is 35.5. The van der Waals surface area contributed by atoms with E-state index < -0.39 is 0 Å². The van der Waals surface area contributed by atoms with Gasteiger partial charge in [0.25, 0.3) is 0 Å². The zero-order valence-corrected chi connectivity index (χ0v) is 20.6. The standard InChI is InChI=1S/C25H34Cl2N4/c1-5-7-9-18(31-14-12-25(4,28)13-15-31)16-29-24-17(3)30-21(6-2)22(24)19-10-8-11-20(26)23(19)27/h8-11,16,30H,5-7,12-15,28H2,1-4H3/b18-9-,29-16?. The van der Waals surface area contributed by atoms with E-state index in [0.717, 1.165) is 73.4 Å². The zero-order chi connectivity index (χ0) is 22.6. The van der Waals surface area contributed by atoms with Gasteiger partial charge in [-0.05, 0) is 45.6 Å². The quantitative estimate of drug-likeness (QED) is 0.434. The summed E-state index contributed by atoms with van der Waals surface area (Å²) in [6.07, 6.45) is 9.25. The molecule has 168 valence electrons. The summed E-state index contributed by atoms with van der Waals surface area (Å²) in [4.78, 5) is 10.9. The monoisotopic (exact) mass is 460 g/mol. The second-order valence-corrected chi connectivity index (χ2v) is 9.51. The number of unbranched alkanes of at least 4 members (excludes halogenated alkanes) is 1. The van der Waals surface area contributed by atoms with Gasteiger partial charge in [-0.1, -0.05) is 61.7 Å². The van der Waals surface area contributed by atoms with Crippen molar-refractivity contribution in [3.63, 3.8) is 0 Å². The predicted molar refractivity (Wildman–Crippen MR) is 135 cm³/mol. The number of aromatic nitrogens is 1. The number of aromatic amines is 1. The summed E-state index contributed by atoms with van der Waals surface area (Å²) >= 11 is 12.9. The van der Waals surface area contributed by atoms with Crippen molar-refractivity contribution in [1.82, 2.24) is 9.88 Å². The largest absolute Gasteiger partial charge is 0.370 e. The van der Waals surface area contributed by atoms with Crippen molar-refractivity contribution in [2.24, 2.45) is 10.7 Å². The molecule has 6 heteroatoms. The molecule has 1 fully saturated rings. The first-order valence-electron chi connectivity index (χ1n) is 11.2. The molecule has 0 spiro atoms. The van der Waals surface area contributed by atoms with Crippen LogP contribution in [0.5, 0.6) is 0 Å². The molecule has 1 aliphatic rings. The van der Waals surface area contributed by atoms with Crippen molar-refractivity contribution < 1.29 is 0 Å². The van der Waals surface area contributed by atoms with Gasteiger partial charge in [0.2, 0.25) is 0 Å². The average Bonchev–Trinajstić information content (AvgIpc) is 3.06. The number of halogens is 2. The van der Waals surface area contributed by atoms with E-state index in [0.29, 0.717) is 10.0 Å². The summed E-state index contributed by atoms with van der Waals surface area (Å²) in [6.45, 7) is 10.4. The molecule has 2 heterocycles. The van der Waals surface area contributed by atoms with Crippen LogP contribution in [0.3, 0.4) is 0 Å². The first kappa shape index (κ1) is 23.9. The first-order valence-corrected chi connectivity index (χ1v) is 12.0. The summed E-state index contributed by atoms with van der Waals surface area (Å²) in [6, 6.07) is 5.76. The molecule has 1 aliphatic heterocycles. The van der Waals surface area contributed by atoms with Gasteiger partial charge in [0.05, 0.1) is 27.6 Å². The SMILES string of the molecule is CCC/C=C(/C=Nc1c(C)[nH]c(CC)c1-c1cccc(Cl)c1Cl)N1CCC(C)(N)CC1. The van der Waals surface area contributed by atoms with Gasteiger partial charge in [-0.3, -0.25) is 4.99 Å².